The topological polar surface area (TPSA) is 64.0 Å². The van der Waals surface area contributed by atoms with Crippen LogP contribution in [-0.4, -0.2) is 24.7 Å². The SMILES string of the molecule is Cc1ccc(S(=O)(=O)NCCn2ccc(-c3cccs3)n2)s1. The molecular formula is C14H15N3O2S3. The molecule has 5 nitrogen and oxygen atoms in total. The fraction of sp³-hybridized carbons (Fsp3) is 0.214. The van der Waals surface area contributed by atoms with Crippen molar-refractivity contribution in [3.05, 3.63) is 46.8 Å². The number of nitrogens with one attached hydrogen (secondary N) is 1. The average molecular weight is 353 g/mol. The minimum absolute atomic E-state index is 0.310. The molecule has 0 fully saturated rings. The van der Waals surface area contributed by atoms with Gasteiger partial charge in [-0.1, -0.05) is 6.07 Å². The highest BCUT2D eigenvalue weighted by molar-refractivity contribution is 7.91. The summed E-state index contributed by atoms with van der Waals surface area (Å²) < 4.78 is 28.9. The maximum atomic E-state index is 12.1. The molecule has 0 aromatic carbocycles. The van der Waals surface area contributed by atoms with Gasteiger partial charge in [0, 0.05) is 17.6 Å². The zero-order chi connectivity index (χ0) is 15.6. The Bertz CT molecular complexity index is 848. The summed E-state index contributed by atoms with van der Waals surface area (Å²) in [5, 5.41) is 6.45. The summed E-state index contributed by atoms with van der Waals surface area (Å²) in [6, 6.07) is 9.36. The van der Waals surface area contributed by atoms with Crippen LogP contribution in [0.4, 0.5) is 0 Å². The van der Waals surface area contributed by atoms with Crippen molar-refractivity contribution in [1.29, 1.82) is 0 Å². The number of hydrogen-bond acceptors (Lipinski definition) is 5. The molecule has 0 spiro atoms. The zero-order valence-electron chi connectivity index (χ0n) is 11.9. The van der Waals surface area contributed by atoms with Crippen LogP contribution in [0.25, 0.3) is 10.6 Å². The van der Waals surface area contributed by atoms with Crippen LogP contribution in [0, 0.1) is 6.92 Å². The van der Waals surface area contributed by atoms with Gasteiger partial charge < -0.3 is 0 Å². The lowest BCUT2D eigenvalue weighted by molar-refractivity contribution is 0.563. The maximum absolute atomic E-state index is 12.1. The van der Waals surface area contributed by atoms with E-state index in [4.69, 9.17) is 0 Å². The Morgan fingerprint density at radius 1 is 1.27 bits per heavy atom. The van der Waals surface area contributed by atoms with Crippen LogP contribution in [0.15, 0.2) is 46.1 Å². The number of rotatable bonds is 6. The van der Waals surface area contributed by atoms with E-state index in [1.165, 1.54) is 11.3 Å². The zero-order valence-corrected chi connectivity index (χ0v) is 14.3. The van der Waals surface area contributed by atoms with Crippen LogP contribution >= 0.6 is 22.7 Å². The molecule has 0 unspecified atom stereocenters. The van der Waals surface area contributed by atoms with E-state index >= 15 is 0 Å². The maximum Gasteiger partial charge on any atom is 0.250 e. The van der Waals surface area contributed by atoms with Gasteiger partial charge in [-0.05, 0) is 36.6 Å². The third kappa shape index (κ3) is 3.46. The van der Waals surface area contributed by atoms with Crippen LogP contribution in [0.1, 0.15) is 4.88 Å². The van der Waals surface area contributed by atoms with E-state index < -0.39 is 10.0 Å². The molecule has 0 aliphatic carbocycles. The molecule has 3 aromatic rings. The summed E-state index contributed by atoms with van der Waals surface area (Å²) >= 11 is 2.90. The van der Waals surface area contributed by atoms with Gasteiger partial charge in [-0.2, -0.15) is 5.10 Å². The lowest BCUT2D eigenvalue weighted by Crippen LogP contribution is -2.27. The first-order chi connectivity index (χ1) is 10.5. The summed E-state index contributed by atoms with van der Waals surface area (Å²) in [6.45, 7) is 2.69. The molecule has 0 saturated heterocycles. The van der Waals surface area contributed by atoms with Gasteiger partial charge in [0.15, 0.2) is 0 Å². The normalized spacial score (nSPS) is 11.9. The largest absolute Gasteiger partial charge is 0.271 e. The van der Waals surface area contributed by atoms with Gasteiger partial charge in [0.25, 0.3) is 0 Å². The van der Waals surface area contributed by atoms with E-state index in [0.29, 0.717) is 17.3 Å². The highest BCUT2D eigenvalue weighted by Gasteiger charge is 2.15. The third-order valence-corrected chi connectivity index (χ3v) is 6.87. The molecule has 3 heterocycles. The Morgan fingerprint density at radius 3 is 2.82 bits per heavy atom. The molecule has 0 aliphatic rings. The Balaban J connectivity index is 1.59. The molecule has 0 aliphatic heterocycles. The summed E-state index contributed by atoms with van der Waals surface area (Å²) in [5.41, 5.74) is 0.909. The van der Waals surface area contributed by atoms with Crippen LogP contribution in [0.5, 0.6) is 0 Å². The average Bonchev–Trinajstić information content (AvgIpc) is 3.18. The highest BCUT2D eigenvalue weighted by Crippen LogP contribution is 2.22. The van der Waals surface area contributed by atoms with E-state index in [2.05, 4.69) is 9.82 Å². The molecule has 0 atom stereocenters. The first kappa shape index (κ1) is 15.4. The van der Waals surface area contributed by atoms with Gasteiger partial charge >= 0.3 is 0 Å². The Hall–Kier alpha value is -1.48. The van der Waals surface area contributed by atoms with E-state index in [1.54, 1.807) is 28.2 Å². The smallest absolute Gasteiger partial charge is 0.250 e. The minimum Gasteiger partial charge on any atom is -0.271 e. The standard InChI is InChI=1S/C14H15N3O2S3/c1-11-4-5-14(21-11)22(18,19)15-7-9-17-8-6-12(16-17)13-3-2-10-20-13/h2-6,8,10,15H,7,9H2,1H3. The van der Waals surface area contributed by atoms with Crippen molar-refractivity contribution in [2.24, 2.45) is 0 Å². The molecule has 116 valence electrons. The molecule has 3 rings (SSSR count). The van der Waals surface area contributed by atoms with Crippen LogP contribution in [0.2, 0.25) is 0 Å². The van der Waals surface area contributed by atoms with Gasteiger partial charge in [-0.15, -0.1) is 22.7 Å². The Kier molecular flexibility index (Phi) is 4.44. The lowest BCUT2D eigenvalue weighted by atomic mass is 10.3. The monoisotopic (exact) mass is 353 g/mol. The van der Waals surface area contributed by atoms with Crippen molar-refractivity contribution in [2.75, 3.05) is 6.54 Å². The number of aryl methyl sites for hydroxylation is 1. The minimum atomic E-state index is -3.42. The predicted octanol–water partition coefficient (Wildman–Crippen LogP) is 2.96. The van der Waals surface area contributed by atoms with Crippen LogP contribution in [-0.2, 0) is 16.6 Å². The molecule has 8 heteroatoms. The fourth-order valence-electron chi connectivity index (χ4n) is 1.96. The summed E-state index contributed by atoms with van der Waals surface area (Å²) in [7, 11) is -3.42. The van der Waals surface area contributed by atoms with Crippen LogP contribution in [0.3, 0.4) is 0 Å². The van der Waals surface area contributed by atoms with Gasteiger partial charge in [0.1, 0.15) is 9.90 Å². The van der Waals surface area contributed by atoms with Crippen molar-refractivity contribution in [1.82, 2.24) is 14.5 Å². The highest BCUT2D eigenvalue weighted by atomic mass is 32.2. The predicted molar refractivity (Wildman–Crippen MR) is 89.8 cm³/mol. The van der Waals surface area contributed by atoms with Crippen LogP contribution < -0.4 is 4.72 Å². The molecule has 0 amide bonds. The number of aromatic nitrogens is 2. The molecule has 22 heavy (non-hydrogen) atoms. The Labute approximate surface area is 137 Å². The number of hydrogen-bond donors (Lipinski definition) is 1. The molecular weight excluding hydrogens is 338 g/mol. The van der Waals surface area contributed by atoms with Gasteiger partial charge in [-0.3, -0.25) is 4.68 Å². The first-order valence-electron chi connectivity index (χ1n) is 6.68. The number of thiophene rings is 2. The summed E-state index contributed by atoms with van der Waals surface area (Å²) in [6.07, 6.45) is 1.86. The quantitative estimate of drug-likeness (QED) is 0.741. The fourth-order valence-corrected chi connectivity index (χ4v) is 5.00. The first-order valence-corrected chi connectivity index (χ1v) is 9.86. The molecule has 3 aromatic heterocycles. The molecule has 1 N–H and O–H groups in total. The van der Waals surface area contributed by atoms with Crippen molar-refractivity contribution in [3.8, 4) is 10.6 Å². The molecule has 0 saturated carbocycles. The van der Waals surface area contributed by atoms with Crippen molar-refractivity contribution >= 4 is 32.7 Å². The summed E-state index contributed by atoms with van der Waals surface area (Å²) in [5.74, 6) is 0. The van der Waals surface area contributed by atoms with E-state index in [9.17, 15) is 8.42 Å². The number of sulfonamides is 1. The lowest BCUT2D eigenvalue weighted by Gasteiger charge is -2.05. The van der Waals surface area contributed by atoms with E-state index in [-0.39, 0.29) is 0 Å². The second-order valence-electron chi connectivity index (χ2n) is 4.70. The summed E-state index contributed by atoms with van der Waals surface area (Å²) in [4.78, 5) is 2.08. The van der Waals surface area contributed by atoms with E-state index in [0.717, 1.165) is 15.4 Å². The second-order valence-corrected chi connectivity index (χ2v) is 8.93. The molecule has 0 radical (unpaired) electrons. The van der Waals surface area contributed by atoms with Crippen molar-refractivity contribution in [3.63, 3.8) is 0 Å². The van der Waals surface area contributed by atoms with Gasteiger partial charge in [0.2, 0.25) is 10.0 Å². The number of nitrogens with zero attached hydrogens (tertiary/aromatic N) is 2. The third-order valence-electron chi connectivity index (χ3n) is 3.03. The van der Waals surface area contributed by atoms with Crippen molar-refractivity contribution < 1.29 is 8.42 Å². The van der Waals surface area contributed by atoms with Gasteiger partial charge in [0.05, 0.1) is 11.4 Å². The Morgan fingerprint density at radius 2 is 2.14 bits per heavy atom. The van der Waals surface area contributed by atoms with Crippen molar-refractivity contribution in [2.45, 2.75) is 17.7 Å². The van der Waals surface area contributed by atoms with E-state index in [1.807, 2.05) is 36.7 Å². The second kappa shape index (κ2) is 6.33. The molecule has 0 bridgehead atoms. The van der Waals surface area contributed by atoms with Gasteiger partial charge in [-0.25, -0.2) is 13.1 Å².